The summed E-state index contributed by atoms with van der Waals surface area (Å²) in [5, 5.41) is 3.58. The van der Waals surface area contributed by atoms with Gasteiger partial charge in [0.05, 0.1) is 10.7 Å². The highest BCUT2D eigenvalue weighted by Crippen LogP contribution is 2.33. The first-order valence-corrected chi connectivity index (χ1v) is 7.04. The van der Waals surface area contributed by atoms with Crippen molar-refractivity contribution in [2.45, 2.75) is 33.2 Å². The molecular weight excluding hydrogens is 299 g/mol. The predicted octanol–water partition coefficient (Wildman–Crippen LogP) is 3.85. The van der Waals surface area contributed by atoms with Crippen molar-refractivity contribution in [3.05, 3.63) is 28.2 Å². The second kappa shape index (κ2) is 5.26. The lowest BCUT2D eigenvalue weighted by molar-refractivity contribution is -0.119. The number of rotatable bonds is 1. The molecule has 1 heterocycles. The fraction of sp³-hybridized carbons (Fsp3) is 0.429. The van der Waals surface area contributed by atoms with Gasteiger partial charge in [-0.1, -0.05) is 44.0 Å². The fourth-order valence-electron chi connectivity index (χ4n) is 2.07. The summed E-state index contributed by atoms with van der Waals surface area (Å²) < 4.78 is 0. The molecule has 3 amide bonds. The Hall–Kier alpha value is -1.26. The molecule has 2 rings (SSSR count). The zero-order valence-corrected chi connectivity index (χ0v) is 13.0. The number of amides is 3. The van der Waals surface area contributed by atoms with Gasteiger partial charge in [-0.25, -0.2) is 9.69 Å². The van der Waals surface area contributed by atoms with Crippen molar-refractivity contribution in [1.29, 1.82) is 0 Å². The van der Waals surface area contributed by atoms with Crippen LogP contribution in [0.15, 0.2) is 18.2 Å². The quantitative estimate of drug-likeness (QED) is 0.855. The first kappa shape index (κ1) is 15.1. The maximum Gasteiger partial charge on any atom is 0.329 e. The molecule has 0 aromatic heterocycles. The molecule has 1 saturated heterocycles. The van der Waals surface area contributed by atoms with Crippen LogP contribution in [0.2, 0.25) is 10.0 Å². The zero-order valence-electron chi connectivity index (χ0n) is 11.5. The van der Waals surface area contributed by atoms with Gasteiger partial charge in [-0.3, -0.25) is 4.79 Å². The van der Waals surface area contributed by atoms with Crippen molar-refractivity contribution in [2.24, 2.45) is 5.41 Å². The van der Waals surface area contributed by atoms with Crippen molar-refractivity contribution in [3.8, 4) is 0 Å². The number of carbonyl (C=O) groups is 2. The number of benzene rings is 1. The van der Waals surface area contributed by atoms with Crippen LogP contribution < -0.4 is 10.2 Å². The van der Waals surface area contributed by atoms with Crippen molar-refractivity contribution < 1.29 is 9.59 Å². The van der Waals surface area contributed by atoms with Crippen LogP contribution in [0.5, 0.6) is 0 Å². The van der Waals surface area contributed by atoms with Crippen LogP contribution in [0.4, 0.5) is 10.5 Å². The van der Waals surface area contributed by atoms with E-state index in [0.717, 1.165) is 4.90 Å². The van der Waals surface area contributed by atoms with E-state index in [0.29, 0.717) is 15.7 Å². The summed E-state index contributed by atoms with van der Waals surface area (Å²) in [6.07, 6.45) is 0.234. The van der Waals surface area contributed by atoms with Crippen molar-refractivity contribution >= 4 is 40.8 Å². The second-order valence-electron chi connectivity index (χ2n) is 5.90. The smallest absolute Gasteiger partial charge is 0.329 e. The fourth-order valence-corrected chi connectivity index (χ4v) is 2.44. The molecule has 1 aliphatic heterocycles. The van der Waals surface area contributed by atoms with Gasteiger partial charge >= 0.3 is 6.03 Å². The Bertz CT molecular complexity index is 549. The third-order valence-corrected chi connectivity index (χ3v) is 3.88. The van der Waals surface area contributed by atoms with Crippen LogP contribution in [-0.4, -0.2) is 18.0 Å². The normalized spacial score (nSPS) is 20.1. The molecule has 1 unspecified atom stereocenters. The molecule has 1 atom stereocenters. The Balaban J connectivity index is 2.33. The van der Waals surface area contributed by atoms with Crippen LogP contribution in [-0.2, 0) is 4.79 Å². The molecule has 20 heavy (non-hydrogen) atoms. The standard InChI is InChI=1S/C14H16Cl2N2O2/c1-14(2,3)11-7-12(19)18(13(20)17-11)10-6-8(15)4-5-9(10)16/h4-6,11H,7H2,1-3H3,(H,17,20). The van der Waals surface area contributed by atoms with E-state index in [4.69, 9.17) is 23.2 Å². The molecule has 1 fully saturated rings. The zero-order chi connectivity index (χ0) is 15.1. The van der Waals surface area contributed by atoms with Gasteiger partial charge < -0.3 is 5.32 Å². The number of halogens is 2. The molecule has 1 N–H and O–H groups in total. The molecule has 0 bridgehead atoms. The van der Waals surface area contributed by atoms with E-state index in [9.17, 15) is 9.59 Å². The van der Waals surface area contributed by atoms with Gasteiger partial charge in [-0.2, -0.15) is 0 Å². The summed E-state index contributed by atoms with van der Waals surface area (Å²) in [5.41, 5.74) is 0.129. The highest BCUT2D eigenvalue weighted by atomic mass is 35.5. The Labute approximate surface area is 128 Å². The molecular formula is C14H16Cl2N2O2. The van der Waals surface area contributed by atoms with Gasteiger partial charge in [0.25, 0.3) is 0 Å². The van der Waals surface area contributed by atoms with Gasteiger partial charge in [0, 0.05) is 17.5 Å². The number of carbonyl (C=O) groups excluding carboxylic acids is 2. The molecule has 1 aliphatic rings. The van der Waals surface area contributed by atoms with Crippen LogP contribution in [0.1, 0.15) is 27.2 Å². The van der Waals surface area contributed by atoms with Crippen molar-refractivity contribution in [1.82, 2.24) is 5.32 Å². The molecule has 6 heteroatoms. The maximum absolute atomic E-state index is 12.3. The summed E-state index contributed by atoms with van der Waals surface area (Å²) in [6.45, 7) is 5.94. The minimum atomic E-state index is -0.467. The van der Waals surface area contributed by atoms with Crippen LogP contribution in [0.3, 0.4) is 0 Å². The number of hydrogen-bond acceptors (Lipinski definition) is 2. The van der Waals surface area contributed by atoms with Gasteiger partial charge in [-0.05, 0) is 23.6 Å². The Morgan fingerprint density at radius 2 is 1.90 bits per heavy atom. The van der Waals surface area contributed by atoms with Gasteiger partial charge in [0.2, 0.25) is 5.91 Å². The number of imide groups is 1. The lowest BCUT2D eigenvalue weighted by Gasteiger charge is -2.38. The number of nitrogens with one attached hydrogen (secondary N) is 1. The lowest BCUT2D eigenvalue weighted by Crippen LogP contribution is -2.58. The van der Waals surface area contributed by atoms with E-state index in [-0.39, 0.29) is 23.8 Å². The van der Waals surface area contributed by atoms with Crippen LogP contribution in [0.25, 0.3) is 0 Å². The first-order valence-electron chi connectivity index (χ1n) is 6.28. The number of hydrogen-bond donors (Lipinski definition) is 1. The Morgan fingerprint density at radius 1 is 1.25 bits per heavy atom. The first-order chi connectivity index (χ1) is 9.20. The third-order valence-electron chi connectivity index (χ3n) is 3.32. The number of urea groups is 1. The number of nitrogens with zero attached hydrogens (tertiary/aromatic N) is 1. The summed E-state index contributed by atoms with van der Waals surface area (Å²) in [5.74, 6) is -0.280. The maximum atomic E-state index is 12.3. The summed E-state index contributed by atoms with van der Waals surface area (Å²) in [4.78, 5) is 25.6. The highest BCUT2D eigenvalue weighted by Gasteiger charge is 2.39. The third kappa shape index (κ3) is 2.91. The highest BCUT2D eigenvalue weighted by molar-refractivity contribution is 6.37. The lowest BCUT2D eigenvalue weighted by atomic mass is 9.83. The second-order valence-corrected chi connectivity index (χ2v) is 6.74. The molecule has 4 nitrogen and oxygen atoms in total. The molecule has 1 aromatic rings. The summed E-state index contributed by atoms with van der Waals surface area (Å²) in [7, 11) is 0. The topological polar surface area (TPSA) is 49.4 Å². The van der Waals surface area contributed by atoms with E-state index in [1.54, 1.807) is 12.1 Å². The average Bonchev–Trinajstić information content (AvgIpc) is 2.31. The van der Waals surface area contributed by atoms with Gasteiger partial charge in [0.15, 0.2) is 0 Å². The van der Waals surface area contributed by atoms with Crippen molar-refractivity contribution in [2.75, 3.05) is 4.90 Å². The minimum Gasteiger partial charge on any atom is -0.334 e. The van der Waals surface area contributed by atoms with Gasteiger partial charge in [-0.15, -0.1) is 0 Å². The molecule has 0 aliphatic carbocycles. The van der Waals surface area contributed by atoms with Crippen LogP contribution in [0, 0.1) is 5.41 Å². The van der Waals surface area contributed by atoms with E-state index >= 15 is 0 Å². The molecule has 0 saturated carbocycles. The van der Waals surface area contributed by atoms with Gasteiger partial charge in [0.1, 0.15) is 0 Å². The molecule has 108 valence electrons. The Morgan fingerprint density at radius 3 is 2.45 bits per heavy atom. The SMILES string of the molecule is CC(C)(C)C1CC(=O)N(c2cc(Cl)ccc2Cl)C(=O)N1. The number of anilines is 1. The van der Waals surface area contributed by atoms with E-state index in [1.807, 2.05) is 20.8 Å². The van der Waals surface area contributed by atoms with E-state index < -0.39 is 6.03 Å². The van der Waals surface area contributed by atoms with E-state index in [1.165, 1.54) is 6.07 Å². The minimum absolute atomic E-state index is 0.185. The largest absolute Gasteiger partial charge is 0.334 e. The summed E-state index contributed by atoms with van der Waals surface area (Å²) in [6, 6.07) is 4.02. The van der Waals surface area contributed by atoms with Crippen molar-refractivity contribution in [3.63, 3.8) is 0 Å². The summed E-state index contributed by atoms with van der Waals surface area (Å²) >= 11 is 12.0. The predicted molar refractivity (Wildman–Crippen MR) is 80.3 cm³/mol. The van der Waals surface area contributed by atoms with Crippen LogP contribution >= 0.6 is 23.2 Å². The Kier molecular flexibility index (Phi) is 3.98. The monoisotopic (exact) mass is 314 g/mol. The molecule has 0 spiro atoms. The molecule has 0 radical (unpaired) electrons. The average molecular weight is 315 g/mol. The van der Waals surface area contributed by atoms with E-state index in [2.05, 4.69) is 5.32 Å². The molecule has 1 aromatic carbocycles.